The van der Waals surface area contributed by atoms with E-state index in [1.807, 2.05) is 35.2 Å². The lowest BCUT2D eigenvalue weighted by Crippen LogP contribution is -2.52. The first-order valence-corrected chi connectivity index (χ1v) is 7.90. The van der Waals surface area contributed by atoms with Crippen LogP contribution in [-0.4, -0.2) is 35.2 Å². The van der Waals surface area contributed by atoms with E-state index < -0.39 is 0 Å². The highest BCUT2D eigenvalue weighted by molar-refractivity contribution is 8.00. The Morgan fingerprint density at radius 3 is 2.79 bits per heavy atom. The Labute approximate surface area is 119 Å². The third-order valence-electron chi connectivity index (χ3n) is 3.69. The zero-order valence-corrected chi connectivity index (χ0v) is 12.2. The van der Waals surface area contributed by atoms with Crippen molar-refractivity contribution in [1.82, 2.24) is 4.90 Å². The molecule has 2 N–H and O–H groups in total. The first-order chi connectivity index (χ1) is 9.22. The molecule has 2 unspecified atom stereocenters. The Morgan fingerprint density at radius 2 is 2.11 bits per heavy atom. The lowest BCUT2D eigenvalue weighted by molar-refractivity contribution is -0.134. The maximum atomic E-state index is 12.4. The van der Waals surface area contributed by atoms with Gasteiger partial charge in [0, 0.05) is 23.5 Å². The molecule has 1 heterocycles. The first-order valence-electron chi connectivity index (χ1n) is 6.91. The fourth-order valence-electron chi connectivity index (χ4n) is 2.70. The Hall–Kier alpha value is -1.00. The number of benzene rings is 1. The lowest BCUT2D eigenvalue weighted by Gasteiger charge is -2.40. The highest BCUT2D eigenvalue weighted by atomic mass is 32.2. The van der Waals surface area contributed by atoms with E-state index in [4.69, 9.17) is 5.73 Å². The molecule has 1 aromatic carbocycles. The number of piperidine rings is 1. The van der Waals surface area contributed by atoms with Crippen molar-refractivity contribution in [3.63, 3.8) is 0 Å². The van der Waals surface area contributed by atoms with Crippen LogP contribution in [-0.2, 0) is 4.79 Å². The number of rotatable bonds is 4. The molecule has 1 amide bonds. The molecule has 19 heavy (non-hydrogen) atoms. The van der Waals surface area contributed by atoms with Crippen molar-refractivity contribution in [3.8, 4) is 0 Å². The highest BCUT2D eigenvalue weighted by Gasteiger charge is 2.30. The molecule has 1 fully saturated rings. The van der Waals surface area contributed by atoms with Gasteiger partial charge >= 0.3 is 0 Å². The van der Waals surface area contributed by atoms with Gasteiger partial charge in [-0.25, -0.2) is 0 Å². The fourth-order valence-corrected chi connectivity index (χ4v) is 3.49. The molecule has 0 radical (unpaired) electrons. The number of likely N-dealkylation sites (tertiary alicyclic amines) is 1. The summed E-state index contributed by atoms with van der Waals surface area (Å²) in [6.45, 7) is 2.71. The van der Waals surface area contributed by atoms with Crippen molar-refractivity contribution in [1.29, 1.82) is 0 Å². The summed E-state index contributed by atoms with van der Waals surface area (Å²) >= 11 is 1.60. The summed E-state index contributed by atoms with van der Waals surface area (Å²) in [4.78, 5) is 15.6. The molecular formula is C15H22N2OS. The van der Waals surface area contributed by atoms with Crippen LogP contribution < -0.4 is 5.73 Å². The molecule has 1 aliphatic rings. The fraction of sp³-hybridized carbons (Fsp3) is 0.533. The summed E-state index contributed by atoms with van der Waals surface area (Å²) in [5.74, 6) is 0.724. The summed E-state index contributed by atoms with van der Waals surface area (Å²) in [7, 11) is 0. The molecule has 104 valence electrons. The largest absolute Gasteiger partial charge is 0.335 e. The van der Waals surface area contributed by atoms with Crippen LogP contribution >= 0.6 is 11.8 Å². The molecule has 1 saturated heterocycles. The number of carbonyl (C=O) groups is 1. The smallest absolute Gasteiger partial charge is 0.233 e. The second-order valence-corrected chi connectivity index (χ2v) is 6.12. The maximum absolute atomic E-state index is 12.4. The quantitative estimate of drug-likeness (QED) is 0.861. The minimum atomic E-state index is 0.219. The van der Waals surface area contributed by atoms with Crippen LogP contribution in [0, 0.1) is 0 Å². The number of thioether (sulfide) groups is 1. The van der Waals surface area contributed by atoms with Gasteiger partial charge in [0.05, 0.1) is 5.75 Å². The predicted molar refractivity (Wildman–Crippen MR) is 80.2 cm³/mol. The molecule has 0 saturated carbocycles. The van der Waals surface area contributed by atoms with Crippen LogP contribution in [0.5, 0.6) is 0 Å². The predicted octanol–water partition coefficient (Wildman–Crippen LogP) is 2.51. The van der Waals surface area contributed by atoms with E-state index in [1.54, 1.807) is 11.8 Å². The van der Waals surface area contributed by atoms with E-state index in [-0.39, 0.29) is 11.9 Å². The van der Waals surface area contributed by atoms with Crippen LogP contribution in [0.2, 0.25) is 0 Å². The van der Waals surface area contributed by atoms with Crippen LogP contribution in [0.3, 0.4) is 0 Å². The van der Waals surface area contributed by atoms with Crippen LogP contribution in [0.25, 0.3) is 0 Å². The average molecular weight is 278 g/mol. The van der Waals surface area contributed by atoms with Crippen molar-refractivity contribution >= 4 is 17.7 Å². The van der Waals surface area contributed by atoms with Crippen molar-refractivity contribution in [2.24, 2.45) is 5.73 Å². The topological polar surface area (TPSA) is 46.3 Å². The molecule has 1 aromatic rings. The van der Waals surface area contributed by atoms with Crippen LogP contribution in [0.1, 0.15) is 26.2 Å². The zero-order chi connectivity index (χ0) is 13.7. The van der Waals surface area contributed by atoms with Gasteiger partial charge in [0.2, 0.25) is 5.91 Å². The number of amides is 1. The van der Waals surface area contributed by atoms with Crippen molar-refractivity contribution in [2.45, 2.75) is 43.2 Å². The van der Waals surface area contributed by atoms with E-state index in [9.17, 15) is 4.79 Å². The number of carbonyl (C=O) groups excluding carboxylic acids is 1. The molecule has 0 aromatic heterocycles. The van der Waals surface area contributed by atoms with Gasteiger partial charge in [-0.05, 0) is 38.3 Å². The second-order valence-electron chi connectivity index (χ2n) is 5.07. The molecule has 2 rings (SSSR count). The summed E-state index contributed by atoms with van der Waals surface area (Å²) < 4.78 is 0. The normalized spacial score (nSPS) is 23.4. The molecular weight excluding hydrogens is 256 g/mol. The first kappa shape index (κ1) is 14.4. The summed E-state index contributed by atoms with van der Waals surface area (Å²) in [5.41, 5.74) is 5.80. The van der Waals surface area contributed by atoms with E-state index in [0.717, 1.165) is 17.7 Å². The highest BCUT2D eigenvalue weighted by Crippen LogP contribution is 2.25. The van der Waals surface area contributed by atoms with Gasteiger partial charge in [-0.1, -0.05) is 18.2 Å². The number of hydrogen-bond acceptors (Lipinski definition) is 3. The van der Waals surface area contributed by atoms with Gasteiger partial charge in [0.15, 0.2) is 0 Å². The Bertz CT molecular complexity index is 410. The number of hydrogen-bond donors (Lipinski definition) is 1. The molecule has 0 aliphatic carbocycles. The van der Waals surface area contributed by atoms with Crippen LogP contribution in [0.4, 0.5) is 0 Å². The molecule has 3 nitrogen and oxygen atoms in total. The Morgan fingerprint density at radius 1 is 1.37 bits per heavy atom. The summed E-state index contributed by atoms with van der Waals surface area (Å²) in [6.07, 6.45) is 3.32. The second kappa shape index (κ2) is 6.96. The lowest BCUT2D eigenvalue weighted by atomic mass is 9.96. The van der Waals surface area contributed by atoms with E-state index in [1.165, 1.54) is 6.42 Å². The molecule has 0 bridgehead atoms. The Kier molecular flexibility index (Phi) is 5.28. The minimum absolute atomic E-state index is 0.219. The van der Waals surface area contributed by atoms with Gasteiger partial charge in [-0.15, -0.1) is 11.8 Å². The average Bonchev–Trinajstić information content (AvgIpc) is 2.45. The van der Waals surface area contributed by atoms with Gasteiger partial charge in [-0.3, -0.25) is 4.79 Å². The number of nitrogens with two attached hydrogens (primary N) is 1. The van der Waals surface area contributed by atoms with Crippen molar-refractivity contribution in [2.75, 3.05) is 12.3 Å². The van der Waals surface area contributed by atoms with Crippen molar-refractivity contribution in [3.05, 3.63) is 30.3 Å². The third-order valence-corrected chi connectivity index (χ3v) is 4.69. The van der Waals surface area contributed by atoms with Gasteiger partial charge in [0.25, 0.3) is 0 Å². The maximum Gasteiger partial charge on any atom is 0.233 e. The monoisotopic (exact) mass is 278 g/mol. The van der Waals surface area contributed by atoms with Gasteiger partial charge in [-0.2, -0.15) is 0 Å². The molecule has 1 aliphatic heterocycles. The molecule has 0 spiro atoms. The molecule has 2 atom stereocenters. The SMILES string of the molecule is CC1CCCC(CN)N1C(=O)CSc1ccccc1. The van der Waals surface area contributed by atoms with Gasteiger partial charge in [0.1, 0.15) is 0 Å². The summed E-state index contributed by atoms with van der Waals surface area (Å²) in [6, 6.07) is 10.6. The van der Waals surface area contributed by atoms with E-state index in [0.29, 0.717) is 18.3 Å². The van der Waals surface area contributed by atoms with Crippen LogP contribution in [0.15, 0.2) is 35.2 Å². The third kappa shape index (κ3) is 3.74. The minimum Gasteiger partial charge on any atom is -0.335 e. The number of nitrogens with zero attached hydrogens (tertiary/aromatic N) is 1. The van der Waals surface area contributed by atoms with E-state index >= 15 is 0 Å². The van der Waals surface area contributed by atoms with Gasteiger partial charge < -0.3 is 10.6 Å². The van der Waals surface area contributed by atoms with Crippen molar-refractivity contribution < 1.29 is 4.79 Å². The van der Waals surface area contributed by atoms with E-state index in [2.05, 4.69) is 6.92 Å². The summed E-state index contributed by atoms with van der Waals surface area (Å²) in [5, 5.41) is 0. The standard InChI is InChI=1S/C15H22N2OS/c1-12-6-5-7-13(10-16)17(12)15(18)11-19-14-8-3-2-4-9-14/h2-4,8-9,12-13H,5-7,10-11,16H2,1H3. The Balaban J connectivity index is 1.94. The zero-order valence-electron chi connectivity index (χ0n) is 11.4. The molecule has 4 heteroatoms.